The topological polar surface area (TPSA) is 78.9 Å². The largest absolute Gasteiger partial charge is 0.508 e. The monoisotopic (exact) mass is 382 g/mol. The Morgan fingerprint density at radius 3 is 2.54 bits per heavy atom. The molecule has 1 heterocycles. The van der Waals surface area contributed by atoms with Gasteiger partial charge in [0, 0.05) is 25.2 Å². The van der Waals surface area contributed by atoms with Crippen molar-refractivity contribution in [3.8, 4) is 5.75 Å². The van der Waals surface area contributed by atoms with Gasteiger partial charge in [-0.25, -0.2) is 4.79 Å². The van der Waals surface area contributed by atoms with Gasteiger partial charge in [-0.3, -0.25) is 4.79 Å². The van der Waals surface area contributed by atoms with Crippen molar-refractivity contribution in [2.24, 2.45) is 5.92 Å². The second kappa shape index (κ2) is 9.78. The molecule has 1 aliphatic rings. The zero-order chi connectivity index (χ0) is 19.8. The van der Waals surface area contributed by atoms with Gasteiger partial charge in [0.25, 0.3) is 5.91 Å². The molecule has 0 radical (unpaired) electrons. The summed E-state index contributed by atoms with van der Waals surface area (Å²) < 4.78 is 5.42. The first-order chi connectivity index (χ1) is 13.6. The molecule has 1 fully saturated rings. The van der Waals surface area contributed by atoms with Gasteiger partial charge >= 0.3 is 6.09 Å². The van der Waals surface area contributed by atoms with Crippen LogP contribution < -0.4 is 5.32 Å². The predicted molar refractivity (Wildman–Crippen MR) is 106 cm³/mol. The van der Waals surface area contributed by atoms with E-state index in [4.69, 9.17) is 4.74 Å². The van der Waals surface area contributed by atoms with E-state index < -0.39 is 0 Å². The third-order valence-corrected chi connectivity index (χ3v) is 4.99. The van der Waals surface area contributed by atoms with Gasteiger partial charge in [-0.05, 0) is 55.0 Å². The van der Waals surface area contributed by atoms with E-state index in [0.29, 0.717) is 31.1 Å². The number of benzene rings is 2. The molecule has 0 bridgehead atoms. The number of aromatic hydroxyl groups is 1. The fourth-order valence-electron chi connectivity index (χ4n) is 3.31. The number of phenols is 1. The summed E-state index contributed by atoms with van der Waals surface area (Å²) in [5.41, 5.74) is 1.50. The third-order valence-electron chi connectivity index (χ3n) is 4.99. The molecule has 0 saturated carbocycles. The summed E-state index contributed by atoms with van der Waals surface area (Å²) in [6.07, 6.45) is 2.40. The van der Waals surface area contributed by atoms with Crippen LogP contribution in [0.5, 0.6) is 5.75 Å². The van der Waals surface area contributed by atoms with Crippen molar-refractivity contribution < 1.29 is 19.4 Å². The van der Waals surface area contributed by atoms with Crippen molar-refractivity contribution in [3.05, 3.63) is 65.7 Å². The Kier molecular flexibility index (Phi) is 6.89. The number of hydrogen-bond donors (Lipinski definition) is 2. The molecular weight excluding hydrogens is 356 g/mol. The van der Waals surface area contributed by atoms with E-state index in [2.05, 4.69) is 5.32 Å². The van der Waals surface area contributed by atoms with Crippen LogP contribution in [0.15, 0.2) is 54.6 Å². The number of phenolic OH excluding ortho intramolecular Hbond substituents is 1. The van der Waals surface area contributed by atoms with Crippen LogP contribution in [0, 0.1) is 5.92 Å². The van der Waals surface area contributed by atoms with Crippen molar-refractivity contribution in [1.29, 1.82) is 0 Å². The number of amides is 2. The second-order valence-electron chi connectivity index (χ2n) is 7.08. The fourth-order valence-corrected chi connectivity index (χ4v) is 3.31. The maximum atomic E-state index is 12.3. The first-order valence-corrected chi connectivity index (χ1v) is 9.64. The molecule has 2 aromatic carbocycles. The van der Waals surface area contributed by atoms with Gasteiger partial charge in [0.2, 0.25) is 0 Å². The van der Waals surface area contributed by atoms with Crippen LogP contribution in [0.4, 0.5) is 4.79 Å². The Morgan fingerprint density at radius 1 is 1.04 bits per heavy atom. The highest BCUT2D eigenvalue weighted by Crippen LogP contribution is 2.18. The number of rotatable bonds is 5. The second-order valence-corrected chi connectivity index (χ2v) is 7.08. The minimum atomic E-state index is -0.280. The van der Waals surface area contributed by atoms with Gasteiger partial charge in [0.05, 0.1) is 0 Å². The number of carbonyl (C=O) groups excluding carboxylic acids is 2. The number of carbonyl (C=O) groups is 2. The lowest BCUT2D eigenvalue weighted by Gasteiger charge is -2.20. The zero-order valence-electron chi connectivity index (χ0n) is 15.8. The summed E-state index contributed by atoms with van der Waals surface area (Å²) in [6, 6.07) is 15.8. The highest BCUT2D eigenvalue weighted by molar-refractivity contribution is 5.94. The van der Waals surface area contributed by atoms with E-state index in [1.54, 1.807) is 17.0 Å². The molecule has 148 valence electrons. The molecule has 1 saturated heterocycles. The molecule has 0 spiro atoms. The molecular formula is C22H26N2O4. The normalized spacial score (nSPS) is 16.9. The molecule has 2 aromatic rings. The van der Waals surface area contributed by atoms with E-state index in [0.717, 1.165) is 24.8 Å². The molecule has 1 aliphatic heterocycles. The van der Waals surface area contributed by atoms with Crippen LogP contribution in [0.25, 0.3) is 0 Å². The average molecular weight is 382 g/mol. The number of likely N-dealkylation sites (tertiary alicyclic amines) is 1. The number of hydrogen-bond acceptors (Lipinski definition) is 4. The standard InChI is InChI=1S/C22H26N2O4/c25-20-10-8-19(9-11-20)21(26)23-15-17-7-4-13-24(14-12-17)22(27)28-16-18-5-2-1-3-6-18/h1-3,5-6,8-11,17,25H,4,7,12-16H2,(H,23,26). The first-order valence-electron chi connectivity index (χ1n) is 9.64. The van der Waals surface area contributed by atoms with Crippen molar-refractivity contribution in [3.63, 3.8) is 0 Å². The molecule has 28 heavy (non-hydrogen) atoms. The van der Waals surface area contributed by atoms with Crippen LogP contribution in [0.1, 0.15) is 35.2 Å². The van der Waals surface area contributed by atoms with Crippen LogP contribution in [-0.2, 0) is 11.3 Å². The molecule has 6 nitrogen and oxygen atoms in total. The van der Waals surface area contributed by atoms with Gasteiger partial charge < -0.3 is 20.1 Å². The fraction of sp³-hybridized carbons (Fsp3) is 0.364. The van der Waals surface area contributed by atoms with Gasteiger partial charge in [-0.2, -0.15) is 0 Å². The van der Waals surface area contributed by atoms with Crippen LogP contribution in [0.3, 0.4) is 0 Å². The molecule has 2 amide bonds. The first kappa shape index (κ1) is 19.7. The Hall–Kier alpha value is -3.02. The van der Waals surface area contributed by atoms with Crippen molar-refractivity contribution in [2.45, 2.75) is 25.9 Å². The summed E-state index contributed by atoms with van der Waals surface area (Å²) >= 11 is 0. The summed E-state index contributed by atoms with van der Waals surface area (Å²) in [6.45, 7) is 2.16. The number of nitrogens with zero attached hydrogens (tertiary/aromatic N) is 1. The quantitative estimate of drug-likeness (QED) is 0.829. The van der Waals surface area contributed by atoms with Gasteiger partial charge in [0.1, 0.15) is 12.4 Å². The molecule has 0 aliphatic carbocycles. The van der Waals surface area contributed by atoms with Crippen LogP contribution >= 0.6 is 0 Å². The Bertz CT molecular complexity index is 777. The Balaban J connectivity index is 1.42. The lowest BCUT2D eigenvalue weighted by atomic mass is 10.0. The van der Waals surface area contributed by atoms with Crippen LogP contribution in [0.2, 0.25) is 0 Å². The Morgan fingerprint density at radius 2 is 1.79 bits per heavy atom. The highest BCUT2D eigenvalue weighted by Gasteiger charge is 2.22. The lowest BCUT2D eigenvalue weighted by molar-refractivity contribution is 0.0935. The maximum Gasteiger partial charge on any atom is 0.410 e. The minimum absolute atomic E-state index is 0.138. The average Bonchev–Trinajstić information content (AvgIpc) is 2.97. The molecule has 6 heteroatoms. The van der Waals surface area contributed by atoms with Gasteiger partial charge in [0.15, 0.2) is 0 Å². The predicted octanol–water partition coefficient (Wildman–Crippen LogP) is 3.56. The molecule has 3 rings (SSSR count). The summed E-state index contributed by atoms with van der Waals surface area (Å²) in [4.78, 5) is 26.3. The Labute approximate surface area is 165 Å². The SMILES string of the molecule is O=C(NCC1CCCN(C(=O)OCc2ccccc2)CC1)c1ccc(O)cc1. The van der Waals surface area contributed by atoms with Gasteiger partial charge in [-0.15, -0.1) is 0 Å². The number of ether oxygens (including phenoxy) is 1. The summed E-state index contributed by atoms with van der Waals surface area (Å²) in [5, 5.41) is 12.3. The maximum absolute atomic E-state index is 12.3. The van der Waals surface area contributed by atoms with E-state index in [1.165, 1.54) is 12.1 Å². The minimum Gasteiger partial charge on any atom is -0.508 e. The van der Waals surface area contributed by atoms with Crippen LogP contribution in [-0.4, -0.2) is 41.6 Å². The third kappa shape index (κ3) is 5.74. The molecule has 2 N–H and O–H groups in total. The van der Waals surface area contributed by atoms with Crippen molar-refractivity contribution in [1.82, 2.24) is 10.2 Å². The van der Waals surface area contributed by atoms with E-state index in [9.17, 15) is 14.7 Å². The van der Waals surface area contributed by atoms with Gasteiger partial charge in [-0.1, -0.05) is 30.3 Å². The highest BCUT2D eigenvalue weighted by atomic mass is 16.6. The van der Waals surface area contributed by atoms with E-state index in [1.807, 2.05) is 30.3 Å². The summed E-state index contributed by atoms with van der Waals surface area (Å²) in [5.74, 6) is 0.316. The van der Waals surface area contributed by atoms with E-state index in [-0.39, 0.29) is 24.4 Å². The van der Waals surface area contributed by atoms with Crippen molar-refractivity contribution in [2.75, 3.05) is 19.6 Å². The molecule has 0 aromatic heterocycles. The number of nitrogens with one attached hydrogen (secondary N) is 1. The lowest BCUT2D eigenvalue weighted by Crippen LogP contribution is -2.33. The summed E-state index contributed by atoms with van der Waals surface area (Å²) in [7, 11) is 0. The zero-order valence-corrected chi connectivity index (χ0v) is 15.8. The van der Waals surface area contributed by atoms with Crippen molar-refractivity contribution >= 4 is 12.0 Å². The smallest absolute Gasteiger partial charge is 0.410 e. The molecule has 1 unspecified atom stereocenters. The molecule has 1 atom stereocenters. The van der Waals surface area contributed by atoms with E-state index >= 15 is 0 Å².